The van der Waals surface area contributed by atoms with Crippen LogP contribution in [0.2, 0.25) is 0 Å². The van der Waals surface area contributed by atoms with Crippen molar-refractivity contribution in [2.24, 2.45) is 0 Å². The zero-order chi connectivity index (χ0) is 20.9. The molecule has 2 aromatic heterocycles. The normalized spacial score (nSPS) is 19.6. The van der Waals surface area contributed by atoms with E-state index in [0.29, 0.717) is 48.2 Å². The molecule has 9 heteroatoms. The van der Waals surface area contributed by atoms with Crippen LogP contribution in [0.5, 0.6) is 0 Å². The number of hydrogen-bond acceptors (Lipinski definition) is 5. The van der Waals surface area contributed by atoms with Crippen LogP contribution in [0.3, 0.4) is 0 Å². The number of nitriles is 1. The molecule has 1 aromatic carbocycles. The van der Waals surface area contributed by atoms with Gasteiger partial charge in [0, 0.05) is 18.3 Å². The van der Waals surface area contributed by atoms with Crippen molar-refractivity contribution in [1.29, 1.82) is 5.26 Å². The summed E-state index contributed by atoms with van der Waals surface area (Å²) in [5.41, 5.74) is 0.322. The molecule has 0 bridgehead atoms. The van der Waals surface area contributed by atoms with Crippen molar-refractivity contribution < 1.29 is 13.6 Å². The Morgan fingerprint density at radius 2 is 2.17 bits per heavy atom. The molecule has 152 valence electrons. The van der Waals surface area contributed by atoms with E-state index < -0.39 is 17.2 Å². The third kappa shape index (κ3) is 3.05. The number of carbonyl (C=O) groups is 1. The maximum absolute atomic E-state index is 14.4. The van der Waals surface area contributed by atoms with E-state index in [-0.39, 0.29) is 17.5 Å². The number of halogens is 2. The molecule has 1 aliphatic heterocycles. The van der Waals surface area contributed by atoms with Gasteiger partial charge in [-0.15, -0.1) is 0 Å². The molecule has 0 unspecified atom stereocenters. The van der Waals surface area contributed by atoms with E-state index >= 15 is 0 Å². The highest BCUT2D eigenvalue weighted by Crippen LogP contribution is 2.39. The number of aromatic nitrogens is 3. The zero-order valence-corrected chi connectivity index (χ0v) is 16.0. The van der Waals surface area contributed by atoms with Gasteiger partial charge in [0.1, 0.15) is 17.2 Å². The van der Waals surface area contributed by atoms with Gasteiger partial charge in [-0.25, -0.2) is 13.8 Å². The Balaban J connectivity index is 1.50. The lowest BCUT2D eigenvalue weighted by atomic mass is 10.0. The second-order valence-electron chi connectivity index (χ2n) is 7.83. The fourth-order valence-electron chi connectivity index (χ4n) is 4.03. The molecule has 3 aromatic rings. The first-order valence-electron chi connectivity index (χ1n) is 9.79. The van der Waals surface area contributed by atoms with E-state index in [9.17, 15) is 18.8 Å². The maximum Gasteiger partial charge on any atom is 0.254 e. The molecule has 1 atom stereocenters. The van der Waals surface area contributed by atoms with Crippen molar-refractivity contribution in [1.82, 2.24) is 20.5 Å². The third-order valence-corrected chi connectivity index (χ3v) is 5.82. The predicted molar refractivity (Wildman–Crippen MR) is 105 cm³/mol. The van der Waals surface area contributed by atoms with Crippen molar-refractivity contribution in [2.45, 2.75) is 37.3 Å². The zero-order valence-electron chi connectivity index (χ0n) is 16.0. The molecule has 2 fully saturated rings. The summed E-state index contributed by atoms with van der Waals surface area (Å²) in [5, 5.41) is 19.8. The Kier molecular flexibility index (Phi) is 4.17. The highest BCUT2D eigenvalue weighted by Gasteiger charge is 2.44. The number of benzene rings is 1. The lowest BCUT2D eigenvalue weighted by Gasteiger charge is -2.25. The first kappa shape index (κ1) is 18.5. The number of aromatic amines is 1. The van der Waals surface area contributed by atoms with Gasteiger partial charge in [0.15, 0.2) is 11.5 Å². The molecule has 30 heavy (non-hydrogen) atoms. The van der Waals surface area contributed by atoms with Gasteiger partial charge in [0.25, 0.3) is 5.91 Å². The minimum Gasteiger partial charge on any atom is -0.347 e. The fourth-order valence-corrected chi connectivity index (χ4v) is 4.03. The summed E-state index contributed by atoms with van der Waals surface area (Å²) in [6, 6.07) is 6.90. The average Bonchev–Trinajstić information content (AvgIpc) is 3.16. The number of hydrogen-bond donors (Lipinski definition) is 2. The SMILES string of the molecule is N#CC1(NC(=O)c2cnc3[nH]nc(N4CCC[C@@H]4c4cc(F)ccc4F)c3c2)CC1. The second kappa shape index (κ2) is 6.76. The maximum atomic E-state index is 14.4. The van der Waals surface area contributed by atoms with Crippen molar-refractivity contribution in [3.05, 3.63) is 53.2 Å². The Morgan fingerprint density at radius 3 is 2.93 bits per heavy atom. The van der Waals surface area contributed by atoms with Crippen LogP contribution in [-0.2, 0) is 0 Å². The molecule has 2 N–H and O–H groups in total. The number of amides is 1. The summed E-state index contributed by atoms with van der Waals surface area (Å²) >= 11 is 0. The molecule has 0 radical (unpaired) electrons. The molecule has 0 spiro atoms. The molecule has 1 aliphatic carbocycles. The van der Waals surface area contributed by atoms with E-state index in [1.54, 1.807) is 6.07 Å². The Bertz CT molecular complexity index is 1200. The predicted octanol–water partition coefficient (Wildman–Crippen LogP) is 3.36. The Labute approximate surface area is 170 Å². The molecule has 3 heterocycles. The number of anilines is 1. The number of H-pyrrole nitrogens is 1. The quantitative estimate of drug-likeness (QED) is 0.690. The van der Waals surface area contributed by atoms with Gasteiger partial charge in [0.05, 0.1) is 23.1 Å². The first-order chi connectivity index (χ1) is 14.5. The molecule has 1 saturated carbocycles. The number of pyridine rings is 1. The van der Waals surface area contributed by atoms with Crippen molar-refractivity contribution in [3.8, 4) is 6.07 Å². The van der Waals surface area contributed by atoms with E-state index in [2.05, 4.69) is 26.6 Å². The van der Waals surface area contributed by atoms with Gasteiger partial charge < -0.3 is 10.2 Å². The van der Waals surface area contributed by atoms with Crippen molar-refractivity contribution in [3.63, 3.8) is 0 Å². The standard InChI is InChI=1S/C21H18F2N6O/c22-13-3-4-16(23)14(9-13)17-2-1-7-29(17)19-15-8-12(10-25-18(15)27-28-19)20(30)26-21(11-24)5-6-21/h3-4,8-10,17H,1-2,5-7H2,(H,26,30)(H,25,27,28)/t17-/m1/s1. The van der Waals surface area contributed by atoms with Crippen LogP contribution in [0.15, 0.2) is 30.5 Å². The largest absolute Gasteiger partial charge is 0.347 e. The lowest BCUT2D eigenvalue weighted by molar-refractivity contribution is 0.0941. The van der Waals surface area contributed by atoms with E-state index in [1.165, 1.54) is 12.3 Å². The topological polar surface area (TPSA) is 97.7 Å². The first-order valence-corrected chi connectivity index (χ1v) is 9.79. The molecule has 5 rings (SSSR count). The number of nitrogens with one attached hydrogen (secondary N) is 2. The van der Waals surface area contributed by atoms with Gasteiger partial charge in [-0.1, -0.05) is 0 Å². The summed E-state index contributed by atoms with van der Waals surface area (Å²) in [6.07, 6.45) is 4.16. The number of carbonyl (C=O) groups excluding carboxylic acids is 1. The average molecular weight is 408 g/mol. The summed E-state index contributed by atoms with van der Waals surface area (Å²) in [6.45, 7) is 0.620. The lowest BCUT2D eigenvalue weighted by Crippen LogP contribution is -2.35. The highest BCUT2D eigenvalue weighted by atomic mass is 19.1. The summed E-state index contributed by atoms with van der Waals surface area (Å²) in [7, 11) is 0. The number of fused-ring (bicyclic) bond motifs is 1. The van der Waals surface area contributed by atoms with Crippen LogP contribution >= 0.6 is 0 Å². The van der Waals surface area contributed by atoms with Gasteiger partial charge in [-0.3, -0.25) is 9.89 Å². The van der Waals surface area contributed by atoms with Gasteiger partial charge >= 0.3 is 0 Å². The monoisotopic (exact) mass is 408 g/mol. The molecule has 1 amide bonds. The molecular weight excluding hydrogens is 390 g/mol. The van der Waals surface area contributed by atoms with Crippen LogP contribution in [0.1, 0.15) is 47.6 Å². The van der Waals surface area contributed by atoms with Crippen LogP contribution < -0.4 is 10.2 Å². The van der Waals surface area contributed by atoms with Gasteiger partial charge in [-0.05, 0) is 49.9 Å². The molecule has 2 aliphatic rings. The van der Waals surface area contributed by atoms with Gasteiger partial charge in [0.2, 0.25) is 0 Å². The molecule has 1 saturated heterocycles. The Morgan fingerprint density at radius 1 is 1.33 bits per heavy atom. The van der Waals surface area contributed by atoms with Gasteiger partial charge in [-0.2, -0.15) is 10.4 Å². The molecular formula is C21H18F2N6O. The summed E-state index contributed by atoms with van der Waals surface area (Å²) < 4.78 is 28.2. The summed E-state index contributed by atoms with van der Waals surface area (Å²) in [4.78, 5) is 18.8. The minimum absolute atomic E-state index is 0.287. The van der Waals surface area contributed by atoms with E-state index in [1.807, 2.05) is 4.90 Å². The smallest absolute Gasteiger partial charge is 0.254 e. The van der Waals surface area contributed by atoms with Crippen LogP contribution in [0.4, 0.5) is 14.6 Å². The number of nitrogens with zero attached hydrogens (tertiary/aromatic N) is 4. The third-order valence-electron chi connectivity index (χ3n) is 5.82. The highest BCUT2D eigenvalue weighted by molar-refractivity contribution is 6.00. The number of rotatable bonds is 4. The van der Waals surface area contributed by atoms with Crippen LogP contribution in [0.25, 0.3) is 11.0 Å². The van der Waals surface area contributed by atoms with Crippen molar-refractivity contribution >= 4 is 22.8 Å². The van der Waals surface area contributed by atoms with Crippen molar-refractivity contribution in [2.75, 3.05) is 11.4 Å². The Hall–Kier alpha value is -3.54. The van der Waals surface area contributed by atoms with E-state index in [0.717, 1.165) is 18.6 Å². The summed E-state index contributed by atoms with van der Waals surface area (Å²) in [5.74, 6) is -0.778. The second-order valence-corrected chi connectivity index (χ2v) is 7.83. The minimum atomic E-state index is -0.778. The van der Waals surface area contributed by atoms with Crippen LogP contribution in [0, 0.1) is 23.0 Å². The van der Waals surface area contributed by atoms with Crippen LogP contribution in [-0.4, -0.2) is 33.2 Å². The fraction of sp³-hybridized carbons (Fsp3) is 0.333. The molecule has 7 nitrogen and oxygen atoms in total. The van der Waals surface area contributed by atoms with E-state index in [4.69, 9.17) is 0 Å².